The normalized spacial score (nSPS) is 12.4. The van der Waals surface area contributed by atoms with Crippen LogP contribution in [0.1, 0.15) is 45.8 Å². The Labute approximate surface area is 120 Å². The number of rotatable bonds is 9. The molecule has 0 aliphatic carbocycles. The fourth-order valence-electron chi connectivity index (χ4n) is 2.06. The fourth-order valence-corrected chi connectivity index (χ4v) is 2.06. The van der Waals surface area contributed by atoms with Gasteiger partial charge in [-0.1, -0.05) is 20.8 Å². The summed E-state index contributed by atoms with van der Waals surface area (Å²) in [6.45, 7) is 9.72. The van der Waals surface area contributed by atoms with Gasteiger partial charge in [-0.3, -0.25) is 4.79 Å². The first kappa shape index (κ1) is 16.6. The first-order chi connectivity index (χ1) is 9.65. The van der Waals surface area contributed by atoms with Crippen molar-refractivity contribution in [3.8, 4) is 0 Å². The van der Waals surface area contributed by atoms with Gasteiger partial charge in [0.05, 0.1) is 6.61 Å². The first-order valence-corrected chi connectivity index (χ1v) is 7.48. The highest BCUT2D eigenvalue weighted by Crippen LogP contribution is 2.05. The fraction of sp³-hybridized carbons (Fsp3) is 0.786. The molecule has 1 heterocycles. The zero-order chi connectivity index (χ0) is 15.0. The van der Waals surface area contributed by atoms with Crippen LogP contribution in [-0.2, 0) is 28.9 Å². The summed E-state index contributed by atoms with van der Waals surface area (Å²) >= 11 is 0. The lowest BCUT2D eigenvalue weighted by Crippen LogP contribution is -2.39. The SMILES string of the molecule is CCNC(CCn1nc(CC)nc1CC)C(=O)OCC. The largest absolute Gasteiger partial charge is 0.465 e. The number of nitrogens with zero attached hydrogens (tertiary/aromatic N) is 3. The lowest BCUT2D eigenvalue weighted by atomic mass is 10.2. The van der Waals surface area contributed by atoms with E-state index in [1.165, 1.54) is 0 Å². The molecule has 6 nitrogen and oxygen atoms in total. The zero-order valence-electron chi connectivity index (χ0n) is 13.0. The Bertz CT molecular complexity index is 417. The third-order valence-electron chi connectivity index (χ3n) is 3.08. The number of aryl methyl sites for hydroxylation is 3. The lowest BCUT2D eigenvalue weighted by molar-refractivity contribution is -0.145. The van der Waals surface area contributed by atoms with Gasteiger partial charge in [-0.2, -0.15) is 5.10 Å². The smallest absolute Gasteiger partial charge is 0.323 e. The van der Waals surface area contributed by atoms with E-state index in [4.69, 9.17) is 4.74 Å². The van der Waals surface area contributed by atoms with E-state index in [2.05, 4.69) is 22.3 Å². The summed E-state index contributed by atoms with van der Waals surface area (Å²) in [5.74, 6) is 1.64. The summed E-state index contributed by atoms with van der Waals surface area (Å²) in [6, 6.07) is -0.279. The molecular weight excluding hydrogens is 256 g/mol. The predicted molar refractivity (Wildman–Crippen MR) is 77.5 cm³/mol. The molecule has 0 bridgehead atoms. The molecule has 0 saturated heterocycles. The van der Waals surface area contributed by atoms with Crippen LogP contribution in [0.3, 0.4) is 0 Å². The summed E-state index contributed by atoms with van der Waals surface area (Å²) in [5, 5.41) is 7.62. The van der Waals surface area contributed by atoms with Crippen LogP contribution >= 0.6 is 0 Å². The summed E-state index contributed by atoms with van der Waals surface area (Å²) < 4.78 is 6.99. The third-order valence-corrected chi connectivity index (χ3v) is 3.08. The highest BCUT2D eigenvalue weighted by molar-refractivity contribution is 5.75. The number of nitrogens with one attached hydrogen (secondary N) is 1. The molecule has 6 heteroatoms. The molecule has 1 unspecified atom stereocenters. The second-order valence-electron chi connectivity index (χ2n) is 4.53. The maximum atomic E-state index is 11.8. The van der Waals surface area contributed by atoms with Gasteiger partial charge >= 0.3 is 5.97 Å². The van der Waals surface area contributed by atoms with E-state index in [1.54, 1.807) is 0 Å². The highest BCUT2D eigenvalue weighted by atomic mass is 16.5. The maximum Gasteiger partial charge on any atom is 0.323 e. The van der Waals surface area contributed by atoms with Gasteiger partial charge < -0.3 is 10.1 Å². The second kappa shape index (κ2) is 8.68. The summed E-state index contributed by atoms with van der Waals surface area (Å²) in [5.41, 5.74) is 0. The highest BCUT2D eigenvalue weighted by Gasteiger charge is 2.19. The van der Waals surface area contributed by atoms with Crippen molar-refractivity contribution in [2.24, 2.45) is 0 Å². The van der Waals surface area contributed by atoms with E-state index in [1.807, 2.05) is 25.5 Å². The molecule has 0 radical (unpaired) electrons. The van der Waals surface area contributed by atoms with Crippen LogP contribution in [0.2, 0.25) is 0 Å². The molecule has 0 fully saturated rings. The minimum atomic E-state index is -0.279. The number of hydrogen-bond donors (Lipinski definition) is 1. The number of hydrogen-bond acceptors (Lipinski definition) is 5. The lowest BCUT2D eigenvalue weighted by Gasteiger charge is -2.16. The van der Waals surface area contributed by atoms with E-state index in [9.17, 15) is 4.79 Å². The summed E-state index contributed by atoms with van der Waals surface area (Å²) in [7, 11) is 0. The quantitative estimate of drug-likeness (QED) is 0.692. The van der Waals surface area contributed by atoms with Crippen LogP contribution in [0.5, 0.6) is 0 Å². The number of ether oxygens (including phenoxy) is 1. The van der Waals surface area contributed by atoms with E-state index in [0.717, 1.165) is 31.0 Å². The third kappa shape index (κ3) is 4.59. The van der Waals surface area contributed by atoms with E-state index >= 15 is 0 Å². The summed E-state index contributed by atoms with van der Waals surface area (Å²) in [6.07, 6.45) is 2.33. The number of likely N-dealkylation sites (N-methyl/N-ethyl adjacent to an activating group) is 1. The molecule has 0 aromatic carbocycles. The van der Waals surface area contributed by atoms with Crippen LogP contribution in [0.25, 0.3) is 0 Å². The molecule has 1 aromatic rings. The second-order valence-corrected chi connectivity index (χ2v) is 4.53. The molecule has 0 spiro atoms. The van der Waals surface area contributed by atoms with E-state index < -0.39 is 0 Å². The molecule has 1 N–H and O–H groups in total. The van der Waals surface area contributed by atoms with Crippen LogP contribution < -0.4 is 5.32 Å². The van der Waals surface area contributed by atoms with Crippen molar-refractivity contribution in [2.45, 2.75) is 59.5 Å². The average Bonchev–Trinajstić information content (AvgIpc) is 2.86. The van der Waals surface area contributed by atoms with Crippen molar-refractivity contribution in [1.29, 1.82) is 0 Å². The standard InChI is InChI=1S/C14H26N4O2/c1-5-12-16-13(6-2)18(17-12)10-9-11(15-7-3)14(19)20-8-4/h11,15H,5-10H2,1-4H3. The minimum absolute atomic E-state index is 0.191. The van der Waals surface area contributed by atoms with Crippen molar-refractivity contribution >= 4 is 5.97 Å². The van der Waals surface area contributed by atoms with Gasteiger partial charge in [-0.15, -0.1) is 0 Å². The monoisotopic (exact) mass is 282 g/mol. The Balaban J connectivity index is 2.66. The minimum Gasteiger partial charge on any atom is -0.465 e. The van der Waals surface area contributed by atoms with Gasteiger partial charge in [-0.05, 0) is 19.9 Å². The Hall–Kier alpha value is -1.43. The Morgan fingerprint density at radius 2 is 2.05 bits per heavy atom. The van der Waals surface area contributed by atoms with Crippen LogP contribution in [0.4, 0.5) is 0 Å². The van der Waals surface area contributed by atoms with Crippen molar-refractivity contribution < 1.29 is 9.53 Å². The molecule has 0 aliphatic heterocycles. The number of carbonyl (C=O) groups excluding carboxylic acids is 1. The Morgan fingerprint density at radius 3 is 2.60 bits per heavy atom. The molecule has 1 aromatic heterocycles. The number of esters is 1. The molecular formula is C14H26N4O2. The van der Waals surface area contributed by atoms with Crippen molar-refractivity contribution in [1.82, 2.24) is 20.1 Å². The number of aromatic nitrogens is 3. The topological polar surface area (TPSA) is 69.0 Å². The first-order valence-electron chi connectivity index (χ1n) is 7.48. The van der Waals surface area contributed by atoms with Crippen LogP contribution in [-0.4, -0.2) is 39.9 Å². The van der Waals surface area contributed by atoms with Crippen LogP contribution in [0, 0.1) is 0 Å². The van der Waals surface area contributed by atoms with Gasteiger partial charge in [0, 0.05) is 19.4 Å². The van der Waals surface area contributed by atoms with Crippen molar-refractivity contribution in [3.05, 3.63) is 11.6 Å². The molecule has 114 valence electrons. The molecule has 1 rings (SSSR count). The maximum absolute atomic E-state index is 11.8. The average molecular weight is 282 g/mol. The van der Waals surface area contributed by atoms with E-state index in [-0.39, 0.29) is 12.0 Å². The molecule has 0 amide bonds. The molecule has 0 aliphatic rings. The zero-order valence-corrected chi connectivity index (χ0v) is 13.0. The van der Waals surface area contributed by atoms with Gasteiger partial charge in [0.2, 0.25) is 0 Å². The Morgan fingerprint density at radius 1 is 1.30 bits per heavy atom. The van der Waals surface area contributed by atoms with Gasteiger partial charge in [0.1, 0.15) is 11.9 Å². The molecule has 20 heavy (non-hydrogen) atoms. The van der Waals surface area contributed by atoms with Gasteiger partial charge in [0.15, 0.2) is 5.82 Å². The predicted octanol–water partition coefficient (Wildman–Crippen LogP) is 1.33. The molecule has 1 atom stereocenters. The van der Waals surface area contributed by atoms with Crippen molar-refractivity contribution in [2.75, 3.05) is 13.2 Å². The number of carbonyl (C=O) groups is 1. The molecule has 0 saturated carbocycles. The summed E-state index contributed by atoms with van der Waals surface area (Å²) in [4.78, 5) is 16.3. The van der Waals surface area contributed by atoms with Gasteiger partial charge in [0.25, 0.3) is 0 Å². The Kier molecular flexibility index (Phi) is 7.22. The van der Waals surface area contributed by atoms with Crippen LogP contribution in [0.15, 0.2) is 0 Å². The van der Waals surface area contributed by atoms with Gasteiger partial charge in [-0.25, -0.2) is 9.67 Å². The van der Waals surface area contributed by atoms with Crippen molar-refractivity contribution in [3.63, 3.8) is 0 Å². The van der Waals surface area contributed by atoms with E-state index in [0.29, 0.717) is 19.6 Å².